The summed E-state index contributed by atoms with van der Waals surface area (Å²) >= 11 is 0. The van der Waals surface area contributed by atoms with Crippen LogP contribution in [0.2, 0.25) is 0 Å². The molecule has 1 fully saturated rings. The number of hydroxylamine groups is 1. The standard InChI is InChI=1S/C16H24N4O2.2ClH/c1-12(2)10-20-8-7-14(11-20)18-15-5-3-13(9-17-15)4-6-16(21)19-22;;/h3-6,9,12,14,22H,7-8,10-11H2,1-2H3,(H,17,18)(H,19,21);2*1H/b6-4+;;. The van der Waals surface area contributed by atoms with Crippen LogP contribution in [0.25, 0.3) is 6.08 Å². The number of nitrogens with one attached hydrogen (secondary N) is 2. The van der Waals surface area contributed by atoms with Gasteiger partial charge in [-0.05, 0) is 36.1 Å². The third-order valence-corrected chi connectivity index (χ3v) is 3.57. The van der Waals surface area contributed by atoms with Crippen molar-refractivity contribution in [2.24, 2.45) is 5.92 Å². The molecule has 0 bridgehead atoms. The first kappa shape index (κ1) is 22.7. The molecule has 1 aliphatic rings. The molecule has 0 aromatic carbocycles. The van der Waals surface area contributed by atoms with Gasteiger partial charge in [-0.25, -0.2) is 10.5 Å². The molecule has 1 unspecified atom stereocenters. The Morgan fingerprint density at radius 1 is 1.46 bits per heavy atom. The van der Waals surface area contributed by atoms with Crippen LogP contribution in [0, 0.1) is 5.92 Å². The lowest BCUT2D eigenvalue weighted by atomic mass is 10.2. The van der Waals surface area contributed by atoms with Gasteiger partial charge < -0.3 is 10.2 Å². The number of aromatic nitrogens is 1. The molecule has 0 saturated carbocycles. The highest BCUT2D eigenvalue weighted by Gasteiger charge is 2.22. The first-order valence-electron chi connectivity index (χ1n) is 7.64. The van der Waals surface area contributed by atoms with E-state index in [4.69, 9.17) is 5.21 Å². The fourth-order valence-electron chi connectivity index (χ4n) is 2.64. The lowest BCUT2D eigenvalue weighted by molar-refractivity contribution is -0.124. The third-order valence-electron chi connectivity index (χ3n) is 3.57. The number of hydrogen-bond acceptors (Lipinski definition) is 5. The highest BCUT2D eigenvalue weighted by atomic mass is 35.5. The van der Waals surface area contributed by atoms with Crippen molar-refractivity contribution >= 4 is 42.6 Å². The number of pyridine rings is 1. The molecule has 1 aromatic heterocycles. The summed E-state index contributed by atoms with van der Waals surface area (Å²) in [6.07, 6.45) is 5.68. The molecule has 0 spiro atoms. The molecule has 6 nitrogen and oxygen atoms in total. The SMILES string of the molecule is CC(C)CN1CCC(Nc2ccc(/C=C/C(=O)NO)cn2)C1.Cl.Cl. The minimum atomic E-state index is -0.557. The molecule has 1 saturated heterocycles. The highest BCUT2D eigenvalue weighted by molar-refractivity contribution is 5.90. The Labute approximate surface area is 155 Å². The number of carbonyl (C=O) groups excluding carboxylic acids is 1. The predicted octanol–water partition coefficient (Wildman–Crippen LogP) is 2.59. The van der Waals surface area contributed by atoms with E-state index in [2.05, 4.69) is 29.0 Å². The number of halogens is 2. The van der Waals surface area contributed by atoms with E-state index in [1.807, 2.05) is 12.1 Å². The van der Waals surface area contributed by atoms with E-state index < -0.39 is 5.91 Å². The van der Waals surface area contributed by atoms with Crippen LogP contribution < -0.4 is 10.8 Å². The summed E-state index contributed by atoms with van der Waals surface area (Å²) in [5, 5.41) is 11.9. The van der Waals surface area contributed by atoms with Gasteiger partial charge in [0.2, 0.25) is 0 Å². The molecular weight excluding hydrogens is 351 g/mol. The minimum absolute atomic E-state index is 0. The Balaban J connectivity index is 0.00000264. The Morgan fingerprint density at radius 2 is 2.21 bits per heavy atom. The summed E-state index contributed by atoms with van der Waals surface area (Å²) in [6.45, 7) is 7.81. The smallest absolute Gasteiger partial charge is 0.267 e. The normalized spacial score (nSPS) is 17.4. The molecule has 1 aromatic rings. The molecule has 1 aliphatic heterocycles. The van der Waals surface area contributed by atoms with Crippen molar-refractivity contribution in [2.75, 3.05) is 25.0 Å². The van der Waals surface area contributed by atoms with E-state index in [0.29, 0.717) is 12.0 Å². The molecule has 2 heterocycles. The lowest BCUT2D eigenvalue weighted by Crippen LogP contribution is -2.29. The maximum absolute atomic E-state index is 10.9. The van der Waals surface area contributed by atoms with Crippen LogP contribution in [0.15, 0.2) is 24.4 Å². The van der Waals surface area contributed by atoms with Gasteiger partial charge in [0.05, 0.1) is 0 Å². The Kier molecular flexibility index (Phi) is 10.6. The molecule has 8 heteroatoms. The van der Waals surface area contributed by atoms with Crippen molar-refractivity contribution in [3.05, 3.63) is 30.0 Å². The van der Waals surface area contributed by atoms with Crippen LogP contribution in [-0.4, -0.2) is 46.7 Å². The van der Waals surface area contributed by atoms with Crippen molar-refractivity contribution in [2.45, 2.75) is 26.3 Å². The molecule has 1 atom stereocenters. The quantitative estimate of drug-likeness (QED) is 0.404. The van der Waals surface area contributed by atoms with Crippen LogP contribution in [0.5, 0.6) is 0 Å². The zero-order valence-electron chi connectivity index (χ0n) is 13.9. The van der Waals surface area contributed by atoms with Crippen LogP contribution in [0.3, 0.4) is 0 Å². The van der Waals surface area contributed by atoms with Gasteiger partial charge in [-0.15, -0.1) is 24.8 Å². The zero-order valence-corrected chi connectivity index (χ0v) is 15.6. The number of likely N-dealkylation sites (tertiary alicyclic amines) is 1. The fourth-order valence-corrected chi connectivity index (χ4v) is 2.64. The van der Waals surface area contributed by atoms with Gasteiger partial charge in [-0.2, -0.15) is 0 Å². The number of amides is 1. The number of rotatable bonds is 6. The first-order chi connectivity index (χ1) is 10.6. The second-order valence-electron chi connectivity index (χ2n) is 6.07. The van der Waals surface area contributed by atoms with E-state index in [9.17, 15) is 4.79 Å². The number of nitrogens with zero attached hydrogens (tertiary/aromatic N) is 2. The first-order valence-corrected chi connectivity index (χ1v) is 7.64. The molecule has 1 amide bonds. The molecule has 0 radical (unpaired) electrons. The predicted molar refractivity (Wildman–Crippen MR) is 101 cm³/mol. The van der Waals surface area contributed by atoms with E-state index >= 15 is 0 Å². The Morgan fingerprint density at radius 3 is 2.79 bits per heavy atom. The third kappa shape index (κ3) is 7.49. The molecule has 3 N–H and O–H groups in total. The van der Waals surface area contributed by atoms with E-state index in [1.54, 1.807) is 17.8 Å². The van der Waals surface area contributed by atoms with E-state index in [0.717, 1.165) is 37.4 Å². The molecule has 24 heavy (non-hydrogen) atoms. The van der Waals surface area contributed by atoms with Gasteiger partial charge in [0.15, 0.2) is 0 Å². The minimum Gasteiger partial charge on any atom is -0.366 e. The van der Waals surface area contributed by atoms with Crippen LogP contribution in [0.4, 0.5) is 5.82 Å². The van der Waals surface area contributed by atoms with E-state index in [-0.39, 0.29) is 24.8 Å². The van der Waals surface area contributed by atoms with Gasteiger partial charge in [0.25, 0.3) is 5.91 Å². The van der Waals surface area contributed by atoms with E-state index in [1.165, 1.54) is 6.08 Å². The number of hydrogen-bond donors (Lipinski definition) is 3. The zero-order chi connectivity index (χ0) is 15.9. The molecule has 0 aliphatic carbocycles. The molecular formula is C16H26Cl2N4O2. The second-order valence-corrected chi connectivity index (χ2v) is 6.07. The monoisotopic (exact) mass is 376 g/mol. The van der Waals surface area contributed by atoms with Crippen LogP contribution in [0.1, 0.15) is 25.8 Å². The van der Waals surface area contributed by atoms with Crippen molar-refractivity contribution < 1.29 is 10.0 Å². The number of anilines is 1. The van der Waals surface area contributed by atoms with Gasteiger partial charge in [0.1, 0.15) is 5.82 Å². The average Bonchev–Trinajstić information content (AvgIpc) is 2.92. The summed E-state index contributed by atoms with van der Waals surface area (Å²) < 4.78 is 0. The van der Waals surface area contributed by atoms with Crippen molar-refractivity contribution in [1.29, 1.82) is 0 Å². The molecule has 136 valence electrons. The molecule has 2 rings (SSSR count). The Hall–Kier alpha value is -1.34. The van der Waals surface area contributed by atoms with Crippen LogP contribution >= 0.6 is 24.8 Å². The highest BCUT2D eigenvalue weighted by Crippen LogP contribution is 2.16. The fraction of sp³-hybridized carbons (Fsp3) is 0.500. The van der Waals surface area contributed by atoms with Crippen molar-refractivity contribution in [3.63, 3.8) is 0 Å². The van der Waals surface area contributed by atoms with Crippen LogP contribution in [-0.2, 0) is 4.79 Å². The maximum atomic E-state index is 10.9. The summed E-state index contributed by atoms with van der Waals surface area (Å²) in [6, 6.07) is 4.23. The second kappa shape index (κ2) is 11.3. The summed E-state index contributed by atoms with van der Waals surface area (Å²) in [5.74, 6) is 0.984. The largest absolute Gasteiger partial charge is 0.366 e. The summed E-state index contributed by atoms with van der Waals surface area (Å²) in [7, 11) is 0. The van der Waals surface area contributed by atoms with Gasteiger partial charge >= 0.3 is 0 Å². The average molecular weight is 377 g/mol. The summed E-state index contributed by atoms with van der Waals surface area (Å²) in [4.78, 5) is 17.7. The maximum Gasteiger partial charge on any atom is 0.267 e. The lowest BCUT2D eigenvalue weighted by Gasteiger charge is -2.18. The van der Waals surface area contributed by atoms with Gasteiger partial charge in [-0.3, -0.25) is 10.0 Å². The Bertz CT molecular complexity index is 523. The van der Waals surface area contributed by atoms with Gasteiger partial charge in [0, 0.05) is 37.9 Å². The van der Waals surface area contributed by atoms with Gasteiger partial charge in [-0.1, -0.05) is 13.8 Å². The van der Waals surface area contributed by atoms with Crippen molar-refractivity contribution in [3.8, 4) is 0 Å². The number of carbonyl (C=O) groups is 1. The van der Waals surface area contributed by atoms with Crippen molar-refractivity contribution in [1.82, 2.24) is 15.4 Å². The summed E-state index contributed by atoms with van der Waals surface area (Å²) in [5.41, 5.74) is 2.36. The topological polar surface area (TPSA) is 77.5 Å².